The zero-order chi connectivity index (χ0) is 13.0. The fourth-order valence-corrected chi connectivity index (χ4v) is 2.30. The van der Waals surface area contributed by atoms with E-state index in [1.165, 1.54) is 19.0 Å². The zero-order valence-corrected chi connectivity index (χ0v) is 10.7. The van der Waals surface area contributed by atoms with Crippen LogP contribution in [-0.4, -0.2) is 42.5 Å². The number of pyridine rings is 1. The van der Waals surface area contributed by atoms with Crippen LogP contribution < -0.4 is 11.1 Å². The summed E-state index contributed by atoms with van der Waals surface area (Å²) in [4.78, 5) is 17.9. The molecule has 1 saturated heterocycles. The highest BCUT2D eigenvalue weighted by Gasteiger charge is 2.19. The number of piperidine rings is 1. The predicted octanol–water partition coefficient (Wildman–Crippen LogP) is 0.735. The molecule has 1 atom stereocenters. The van der Waals surface area contributed by atoms with Crippen LogP contribution in [-0.2, 0) is 0 Å². The van der Waals surface area contributed by atoms with Gasteiger partial charge < -0.3 is 16.0 Å². The molecule has 0 saturated carbocycles. The fraction of sp³-hybridized carbons (Fsp3) is 0.538. The molecular weight excluding hydrogens is 228 g/mol. The molecule has 1 aromatic heterocycles. The summed E-state index contributed by atoms with van der Waals surface area (Å²) in [6.45, 7) is 2.88. The lowest BCUT2D eigenvalue weighted by Crippen LogP contribution is -2.39. The zero-order valence-electron chi connectivity index (χ0n) is 10.7. The van der Waals surface area contributed by atoms with Crippen molar-refractivity contribution >= 4 is 11.7 Å². The Morgan fingerprint density at radius 1 is 1.61 bits per heavy atom. The number of carbonyl (C=O) groups is 1. The first-order chi connectivity index (χ1) is 8.66. The van der Waals surface area contributed by atoms with E-state index in [1.807, 2.05) is 7.05 Å². The van der Waals surface area contributed by atoms with Crippen LogP contribution in [0.4, 0.5) is 5.82 Å². The lowest BCUT2D eigenvalue weighted by molar-refractivity contribution is 0.0764. The summed E-state index contributed by atoms with van der Waals surface area (Å²) >= 11 is 0. The van der Waals surface area contributed by atoms with Gasteiger partial charge in [0, 0.05) is 19.8 Å². The van der Waals surface area contributed by atoms with Gasteiger partial charge in [0.05, 0.1) is 5.56 Å². The van der Waals surface area contributed by atoms with Crippen LogP contribution in [0.5, 0.6) is 0 Å². The largest absolute Gasteiger partial charge is 0.384 e. The van der Waals surface area contributed by atoms with Gasteiger partial charge in [0.1, 0.15) is 5.82 Å². The minimum Gasteiger partial charge on any atom is -0.384 e. The van der Waals surface area contributed by atoms with E-state index in [2.05, 4.69) is 10.3 Å². The second-order valence-electron chi connectivity index (χ2n) is 4.87. The van der Waals surface area contributed by atoms with Crippen molar-refractivity contribution in [3.63, 3.8) is 0 Å². The Morgan fingerprint density at radius 3 is 3.06 bits per heavy atom. The quantitative estimate of drug-likeness (QED) is 0.827. The summed E-state index contributed by atoms with van der Waals surface area (Å²) in [6, 6.07) is 3.38. The molecule has 2 heterocycles. The van der Waals surface area contributed by atoms with E-state index in [4.69, 9.17) is 5.73 Å². The van der Waals surface area contributed by atoms with Gasteiger partial charge in [-0.1, -0.05) is 0 Å². The average molecular weight is 248 g/mol. The molecule has 1 aliphatic rings. The number of nitrogens with two attached hydrogens (primary N) is 1. The van der Waals surface area contributed by atoms with Gasteiger partial charge in [0.15, 0.2) is 0 Å². The van der Waals surface area contributed by atoms with Gasteiger partial charge in [0.25, 0.3) is 5.91 Å². The van der Waals surface area contributed by atoms with Crippen LogP contribution in [0.1, 0.15) is 23.2 Å². The summed E-state index contributed by atoms with van der Waals surface area (Å²) in [7, 11) is 1.84. The van der Waals surface area contributed by atoms with Gasteiger partial charge in [-0.3, -0.25) is 4.79 Å². The fourth-order valence-electron chi connectivity index (χ4n) is 2.30. The molecule has 98 valence electrons. The van der Waals surface area contributed by atoms with Gasteiger partial charge in [0.2, 0.25) is 0 Å². The number of nitrogens with one attached hydrogen (secondary N) is 1. The monoisotopic (exact) mass is 248 g/mol. The van der Waals surface area contributed by atoms with E-state index in [0.29, 0.717) is 17.3 Å². The third-order valence-corrected chi connectivity index (χ3v) is 3.31. The Morgan fingerprint density at radius 2 is 2.44 bits per heavy atom. The Hall–Kier alpha value is -1.62. The van der Waals surface area contributed by atoms with E-state index in [-0.39, 0.29) is 5.91 Å². The Kier molecular flexibility index (Phi) is 4.15. The average Bonchev–Trinajstić information content (AvgIpc) is 2.40. The van der Waals surface area contributed by atoms with Gasteiger partial charge in [-0.2, -0.15) is 0 Å². The second-order valence-corrected chi connectivity index (χ2v) is 4.87. The number of hydrogen-bond donors (Lipinski definition) is 2. The summed E-state index contributed by atoms with van der Waals surface area (Å²) in [5.74, 6) is 0.994. The van der Waals surface area contributed by atoms with E-state index >= 15 is 0 Å². The maximum Gasteiger partial charge on any atom is 0.255 e. The molecule has 0 bridgehead atoms. The minimum atomic E-state index is 0.00748. The number of nitrogens with zero attached hydrogens (tertiary/aromatic N) is 2. The van der Waals surface area contributed by atoms with Crippen LogP contribution in [0, 0.1) is 5.92 Å². The molecule has 2 rings (SSSR count). The molecule has 0 radical (unpaired) electrons. The number of aromatic nitrogens is 1. The van der Waals surface area contributed by atoms with Crippen molar-refractivity contribution in [3.05, 3.63) is 23.9 Å². The summed E-state index contributed by atoms with van der Waals surface area (Å²) in [5.41, 5.74) is 6.10. The molecule has 1 aliphatic heterocycles. The number of nitrogen functional groups attached to an aromatic ring is 1. The molecule has 1 unspecified atom stereocenters. The topological polar surface area (TPSA) is 71.2 Å². The molecular formula is C13H20N4O. The normalized spacial score (nSPS) is 19.5. The van der Waals surface area contributed by atoms with Crippen LogP contribution in [0.25, 0.3) is 0 Å². The SMILES string of the molecule is CN(CC1CCCNC1)C(=O)c1ccc(N)nc1. The molecule has 0 aromatic carbocycles. The number of rotatable bonds is 3. The van der Waals surface area contributed by atoms with Crippen molar-refractivity contribution in [3.8, 4) is 0 Å². The first-order valence-electron chi connectivity index (χ1n) is 6.34. The Balaban J connectivity index is 1.93. The van der Waals surface area contributed by atoms with Crippen molar-refractivity contribution < 1.29 is 4.79 Å². The third-order valence-electron chi connectivity index (χ3n) is 3.31. The lowest BCUT2D eigenvalue weighted by atomic mass is 9.99. The number of anilines is 1. The highest BCUT2D eigenvalue weighted by Crippen LogP contribution is 2.13. The second kappa shape index (κ2) is 5.82. The van der Waals surface area contributed by atoms with E-state index in [0.717, 1.165) is 19.6 Å². The molecule has 1 aromatic rings. The Bertz CT molecular complexity index is 398. The van der Waals surface area contributed by atoms with Crippen LogP contribution >= 0.6 is 0 Å². The highest BCUT2D eigenvalue weighted by molar-refractivity contribution is 5.93. The van der Waals surface area contributed by atoms with Crippen LogP contribution in [0.2, 0.25) is 0 Å². The minimum absolute atomic E-state index is 0.00748. The van der Waals surface area contributed by atoms with Gasteiger partial charge >= 0.3 is 0 Å². The first-order valence-corrected chi connectivity index (χ1v) is 6.34. The lowest BCUT2D eigenvalue weighted by Gasteiger charge is -2.27. The van der Waals surface area contributed by atoms with Crippen LogP contribution in [0.3, 0.4) is 0 Å². The maximum absolute atomic E-state index is 12.2. The first kappa shape index (κ1) is 12.8. The van der Waals surface area contributed by atoms with Crippen molar-refractivity contribution in [2.45, 2.75) is 12.8 Å². The summed E-state index contributed by atoms with van der Waals surface area (Å²) in [5, 5.41) is 3.36. The van der Waals surface area contributed by atoms with Crippen molar-refractivity contribution in [2.24, 2.45) is 5.92 Å². The number of carbonyl (C=O) groups excluding carboxylic acids is 1. The van der Waals surface area contributed by atoms with Gasteiger partial charge in [-0.05, 0) is 44.0 Å². The van der Waals surface area contributed by atoms with Crippen LogP contribution in [0.15, 0.2) is 18.3 Å². The van der Waals surface area contributed by atoms with E-state index < -0.39 is 0 Å². The predicted molar refractivity (Wildman–Crippen MR) is 71.2 cm³/mol. The molecule has 5 nitrogen and oxygen atoms in total. The number of amides is 1. The van der Waals surface area contributed by atoms with Gasteiger partial charge in [-0.25, -0.2) is 4.98 Å². The van der Waals surface area contributed by atoms with Gasteiger partial charge in [-0.15, -0.1) is 0 Å². The molecule has 1 amide bonds. The summed E-state index contributed by atoms with van der Waals surface area (Å²) in [6.07, 6.45) is 3.91. The summed E-state index contributed by atoms with van der Waals surface area (Å²) < 4.78 is 0. The third kappa shape index (κ3) is 3.20. The molecule has 18 heavy (non-hydrogen) atoms. The highest BCUT2D eigenvalue weighted by atomic mass is 16.2. The standard InChI is InChI=1S/C13H20N4O/c1-17(9-10-3-2-6-15-7-10)13(18)11-4-5-12(14)16-8-11/h4-5,8,10,15H,2-3,6-7,9H2,1H3,(H2,14,16). The smallest absolute Gasteiger partial charge is 0.255 e. The van der Waals surface area contributed by atoms with Crippen molar-refractivity contribution in [2.75, 3.05) is 32.4 Å². The molecule has 0 spiro atoms. The van der Waals surface area contributed by atoms with Crippen molar-refractivity contribution in [1.29, 1.82) is 0 Å². The Labute approximate surface area is 107 Å². The van der Waals surface area contributed by atoms with E-state index in [1.54, 1.807) is 17.0 Å². The molecule has 0 aliphatic carbocycles. The van der Waals surface area contributed by atoms with E-state index in [9.17, 15) is 4.79 Å². The maximum atomic E-state index is 12.2. The molecule has 1 fully saturated rings. The molecule has 5 heteroatoms. The number of hydrogen-bond acceptors (Lipinski definition) is 4. The van der Waals surface area contributed by atoms with Crippen molar-refractivity contribution in [1.82, 2.24) is 15.2 Å². The molecule has 3 N–H and O–H groups in total.